The van der Waals surface area contributed by atoms with Crippen LogP contribution >= 0.6 is 11.8 Å². The predicted molar refractivity (Wildman–Crippen MR) is 85.4 cm³/mol. The van der Waals surface area contributed by atoms with Crippen LogP contribution in [0.1, 0.15) is 19.8 Å². The van der Waals surface area contributed by atoms with Crippen LogP contribution in [0, 0.1) is 16.0 Å². The van der Waals surface area contributed by atoms with Crippen LogP contribution in [-0.4, -0.2) is 45.1 Å². The van der Waals surface area contributed by atoms with Gasteiger partial charge in [-0.15, -0.1) is 11.8 Å². The summed E-state index contributed by atoms with van der Waals surface area (Å²) in [4.78, 5) is 36.0. The van der Waals surface area contributed by atoms with Crippen molar-refractivity contribution in [2.75, 3.05) is 13.1 Å². The van der Waals surface area contributed by atoms with E-state index >= 15 is 0 Å². The molecule has 1 aromatic carbocycles. The number of thioether (sulfide) groups is 1. The topological polar surface area (TPSA) is 101 Å². The fourth-order valence-corrected chi connectivity index (χ4v) is 3.49. The Bertz CT molecular complexity index is 604. The Morgan fingerprint density at radius 1 is 1.39 bits per heavy atom. The molecule has 2 unspecified atom stereocenters. The first kappa shape index (κ1) is 17.3. The van der Waals surface area contributed by atoms with Crippen LogP contribution in [0.2, 0.25) is 0 Å². The number of non-ortho nitro benzene ring substituents is 1. The van der Waals surface area contributed by atoms with E-state index in [0.717, 1.165) is 4.90 Å². The molecular weight excluding hydrogens is 320 g/mol. The molecule has 1 aliphatic heterocycles. The molecule has 124 valence electrons. The lowest BCUT2D eigenvalue weighted by Gasteiger charge is -2.32. The van der Waals surface area contributed by atoms with Gasteiger partial charge in [0.2, 0.25) is 5.91 Å². The van der Waals surface area contributed by atoms with Crippen molar-refractivity contribution >= 4 is 29.3 Å². The van der Waals surface area contributed by atoms with Gasteiger partial charge in [-0.3, -0.25) is 19.7 Å². The maximum absolute atomic E-state index is 12.4. The number of carboxylic acids is 1. The fourth-order valence-electron chi connectivity index (χ4n) is 2.54. The molecule has 1 fully saturated rings. The smallest absolute Gasteiger partial charge is 0.308 e. The van der Waals surface area contributed by atoms with Gasteiger partial charge in [0.05, 0.1) is 16.1 Å². The lowest BCUT2D eigenvalue weighted by atomic mass is 9.98. The first-order valence-corrected chi connectivity index (χ1v) is 8.19. The van der Waals surface area contributed by atoms with Gasteiger partial charge in [0.15, 0.2) is 0 Å². The Kier molecular flexibility index (Phi) is 5.59. The highest BCUT2D eigenvalue weighted by atomic mass is 32.2. The molecule has 1 amide bonds. The average Bonchev–Trinajstić information content (AvgIpc) is 2.54. The van der Waals surface area contributed by atoms with Crippen molar-refractivity contribution in [2.45, 2.75) is 29.9 Å². The van der Waals surface area contributed by atoms with Crippen molar-refractivity contribution in [3.63, 3.8) is 0 Å². The number of piperidine rings is 1. The van der Waals surface area contributed by atoms with E-state index in [1.807, 2.05) is 0 Å². The van der Waals surface area contributed by atoms with Gasteiger partial charge in [0.1, 0.15) is 0 Å². The number of nitro benzene ring substituents is 1. The van der Waals surface area contributed by atoms with Crippen molar-refractivity contribution in [1.82, 2.24) is 4.90 Å². The minimum absolute atomic E-state index is 0.00802. The second-order valence-electron chi connectivity index (χ2n) is 5.47. The van der Waals surface area contributed by atoms with Crippen molar-refractivity contribution in [2.24, 2.45) is 5.92 Å². The molecule has 8 heteroatoms. The first-order chi connectivity index (χ1) is 10.9. The van der Waals surface area contributed by atoms with Gasteiger partial charge in [-0.1, -0.05) is 0 Å². The summed E-state index contributed by atoms with van der Waals surface area (Å²) < 4.78 is 0. The van der Waals surface area contributed by atoms with Gasteiger partial charge in [-0.05, 0) is 31.9 Å². The van der Waals surface area contributed by atoms with Gasteiger partial charge in [0, 0.05) is 30.1 Å². The lowest BCUT2D eigenvalue weighted by molar-refractivity contribution is -0.384. The third-order valence-electron chi connectivity index (χ3n) is 3.79. The van der Waals surface area contributed by atoms with E-state index in [2.05, 4.69) is 0 Å². The van der Waals surface area contributed by atoms with Crippen LogP contribution in [0.15, 0.2) is 29.2 Å². The number of likely N-dealkylation sites (tertiary alicyclic amines) is 1. The largest absolute Gasteiger partial charge is 0.481 e. The highest BCUT2D eigenvalue weighted by Gasteiger charge is 2.30. The zero-order valence-corrected chi connectivity index (χ0v) is 13.5. The Balaban J connectivity index is 1.96. The van der Waals surface area contributed by atoms with Crippen molar-refractivity contribution in [3.8, 4) is 0 Å². The second-order valence-corrected chi connectivity index (χ2v) is 6.89. The molecule has 23 heavy (non-hydrogen) atoms. The number of hydrogen-bond donors (Lipinski definition) is 1. The summed E-state index contributed by atoms with van der Waals surface area (Å²) in [6.45, 7) is 2.59. The summed E-state index contributed by atoms with van der Waals surface area (Å²) in [5.74, 6) is -1.46. The summed E-state index contributed by atoms with van der Waals surface area (Å²) in [5, 5.41) is 19.3. The molecule has 0 aromatic heterocycles. The van der Waals surface area contributed by atoms with Crippen molar-refractivity contribution in [1.29, 1.82) is 0 Å². The maximum atomic E-state index is 12.4. The number of nitrogens with zero attached hydrogens (tertiary/aromatic N) is 2. The molecule has 0 aliphatic carbocycles. The lowest BCUT2D eigenvalue weighted by Crippen LogP contribution is -2.45. The number of rotatable bonds is 5. The van der Waals surface area contributed by atoms with Gasteiger partial charge >= 0.3 is 5.97 Å². The molecule has 0 spiro atoms. The Labute approximate surface area is 137 Å². The number of benzene rings is 1. The minimum atomic E-state index is -0.863. The van der Waals surface area contributed by atoms with E-state index in [1.165, 1.54) is 23.9 Å². The van der Waals surface area contributed by atoms with Crippen molar-refractivity contribution in [3.05, 3.63) is 34.4 Å². The normalized spacial score (nSPS) is 19.2. The van der Waals surface area contributed by atoms with E-state index < -0.39 is 16.8 Å². The first-order valence-electron chi connectivity index (χ1n) is 7.31. The molecule has 2 atom stereocenters. The van der Waals surface area contributed by atoms with Crippen LogP contribution in [-0.2, 0) is 9.59 Å². The third kappa shape index (κ3) is 4.44. The number of nitro groups is 1. The quantitative estimate of drug-likeness (QED) is 0.502. The standard InChI is InChI=1S/C15H18N2O5S/c1-10(23-13-6-4-12(5-7-13)17(21)22)14(18)16-8-2-3-11(9-16)15(19)20/h4-7,10-11H,2-3,8-9H2,1H3,(H,19,20). The number of amides is 1. The molecule has 1 heterocycles. The second kappa shape index (κ2) is 7.45. The zero-order valence-electron chi connectivity index (χ0n) is 12.7. The van der Waals surface area contributed by atoms with Crippen LogP contribution in [0.5, 0.6) is 0 Å². The van der Waals surface area contributed by atoms with Gasteiger partial charge in [-0.25, -0.2) is 0 Å². The predicted octanol–water partition coefficient (Wildman–Crippen LogP) is 2.40. The molecule has 1 aromatic rings. The van der Waals surface area contributed by atoms with Gasteiger partial charge in [-0.2, -0.15) is 0 Å². The van der Waals surface area contributed by atoms with Gasteiger partial charge < -0.3 is 10.0 Å². The summed E-state index contributed by atoms with van der Waals surface area (Å²) in [6.07, 6.45) is 1.29. The number of hydrogen-bond acceptors (Lipinski definition) is 5. The average molecular weight is 338 g/mol. The Morgan fingerprint density at radius 3 is 2.61 bits per heavy atom. The van der Waals surface area contributed by atoms with Crippen LogP contribution in [0.3, 0.4) is 0 Å². The van der Waals surface area contributed by atoms with Crippen molar-refractivity contribution < 1.29 is 19.6 Å². The van der Waals surface area contributed by atoms with E-state index in [1.54, 1.807) is 24.0 Å². The van der Waals surface area contributed by atoms with Crippen LogP contribution in [0.4, 0.5) is 5.69 Å². The Morgan fingerprint density at radius 2 is 2.04 bits per heavy atom. The zero-order chi connectivity index (χ0) is 17.0. The van der Waals surface area contributed by atoms with Crippen LogP contribution in [0.25, 0.3) is 0 Å². The van der Waals surface area contributed by atoms with E-state index in [9.17, 15) is 19.7 Å². The molecule has 2 rings (SSSR count). The molecular formula is C15H18N2O5S. The minimum Gasteiger partial charge on any atom is -0.481 e. The number of carbonyl (C=O) groups is 2. The number of carboxylic acid groups (broad SMARTS) is 1. The maximum Gasteiger partial charge on any atom is 0.308 e. The fraction of sp³-hybridized carbons (Fsp3) is 0.467. The van der Waals surface area contributed by atoms with E-state index in [-0.39, 0.29) is 23.4 Å². The van der Waals surface area contributed by atoms with E-state index in [4.69, 9.17) is 5.11 Å². The molecule has 0 radical (unpaired) electrons. The highest BCUT2D eigenvalue weighted by Crippen LogP contribution is 2.27. The Hall–Kier alpha value is -2.09. The number of carbonyl (C=O) groups excluding carboxylic acids is 1. The summed E-state index contributed by atoms with van der Waals surface area (Å²) >= 11 is 1.31. The monoisotopic (exact) mass is 338 g/mol. The highest BCUT2D eigenvalue weighted by molar-refractivity contribution is 8.00. The third-order valence-corrected chi connectivity index (χ3v) is 4.89. The summed E-state index contributed by atoms with van der Waals surface area (Å²) in [5.41, 5.74) is 0.00802. The SMILES string of the molecule is CC(Sc1ccc([N+](=O)[O-])cc1)C(=O)N1CCCC(C(=O)O)C1. The number of aliphatic carboxylic acids is 1. The molecule has 1 saturated heterocycles. The molecule has 7 nitrogen and oxygen atoms in total. The molecule has 0 bridgehead atoms. The molecule has 1 aliphatic rings. The van der Waals surface area contributed by atoms with Gasteiger partial charge in [0.25, 0.3) is 5.69 Å². The summed E-state index contributed by atoms with van der Waals surface area (Å²) in [6, 6.07) is 6.04. The van der Waals surface area contributed by atoms with E-state index in [0.29, 0.717) is 19.4 Å². The summed E-state index contributed by atoms with van der Waals surface area (Å²) in [7, 11) is 0. The molecule has 0 saturated carbocycles. The van der Waals surface area contributed by atoms with Crippen LogP contribution < -0.4 is 0 Å². The molecule has 1 N–H and O–H groups in total.